The van der Waals surface area contributed by atoms with E-state index in [2.05, 4.69) is 47.6 Å². The van der Waals surface area contributed by atoms with Crippen LogP contribution in [0.25, 0.3) is 0 Å². The normalized spacial score (nSPS) is 12.4. The average Bonchev–Trinajstić information content (AvgIpc) is 2.32. The van der Waals surface area contributed by atoms with Crippen molar-refractivity contribution < 1.29 is 19.5 Å². The molecular formula is C16H27BO4. The van der Waals surface area contributed by atoms with Crippen molar-refractivity contribution in [2.24, 2.45) is 0 Å². The van der Waals surface area contributed by atoms with Gasteiger partial charge >= 0.3 is 7.12 Å². The molecule has 1 aromatic rings. The van der Waals surface area contributed by atoms with Gasteiger partial charge in [0.1, 0.15) is 5.75 Å². The van der Waals surface area contributed by atoms with E-state index in [1.807, 2.05) is 0 Å². The van der Waals surface area contributed by atoms with Crippen LogP contribution >= 0.6 is 0 Å². The lowest BCUT2D eigenvalue weighted by Crippen LogP contribution is -2.35. The Morgan fingerprint density at radius 3 is 1.95 bits per heavy atom. The molecule has 0 saturated carbocycles. The molecule has 5 heteroatoms. The molecule has 4 nitrogen and oxygen atoms in total. The summed E-state index contributed by atoms with van der Waals surface area (Å²) in [6.45, 7) is 12.6. The molecule has 0 aliphatic heterocycles. The molecule has 0 bridgehead atoms. The fourth-order valence-electron chi connectivity index (χ4n) is 2.11. The molecule has 118 valence electrons. The van der Waals surface area contributed by atoms with Gasteiger partial charge in [-0.1, -0.05) is 53.7 Å². The maximum absolute atomic E-state index is 9.72. The number of benzene rings is 1. The maximum Gasteiger partial charge on any atom is 0.492 e. The van der Waals surface area contributed by atoms with E-state index >= 15 is 0 Å². The van der Waals surface area contributed by atoms with Crippen LogP contribution in [0.2, 0.25) is 0 Å². The van der Waals surface area contributed by atoms with Crippen molar-refractivity contribution >= 4 is 12.6 Å². The zero-order valence-electron chi connectivity index (χ0n) is 14.2. The zero-order valence-corrected chi connectivity index (χ0v) is 14.2. The summed E-state index contributed by atoms with van der Waals surface area (Å²) >= 11 is 0. The second-order valence-corrected chi connectivity index (χ2v) is 7.37. The molecule has 2 N–H and O–H groups in total. The number of ether oxygens (including phenoxy) is 2. The Balaban J connectivity index is 3.58. The molecule has 0 aliphatic carbocycles. The Kier molecular flexibility index (Phi) is 5.48. The second kappa shape index (κ2) is 6.38. The highest BCUT2D eigenvalue weighted by Gasteiger charge is 2.29. The SMILES string of the molecule is COCOc1c(B(O)O)cc(C(C)(C)C)cc1C(C)(C)C. The van der Waals surface area contributed by atoms with Crippen molar-refractivity contribution in [3.05, 3.63) is 23.3 Å². The summed E-state index contributed by atoms with van der Waals surface area (Å²) < 4.78 is 10.6. The summed E-state index contributed by atoms with van der Waals surface area (Å²) in [4.78, 5) is 0. The fraction of sp³-hybridized carbons (Fsp3) is 0.625. The van der Waals surface area contributed by atoms with Crippen LogP contribution in [0.15, 0.2) is 12.1 Å². The van der Waals surface area contributed by atoms with Gasteiger partial charge in [0, 0.05) is 12.6 Å². The van der Waals surface area contributed by atoms with E-state index in [4.69, 9.17) is 9.47 Å². The van der Waals surface area contributed by atoms with Crippen LogP contribution in [-0.2, 0) is 15.6 Å². The monoisotopic (exact) mass is 294 g/mol. The third-order valence-corrected chi connectivity index (χ3v) is 3.39. The number of hydrogen-bond acceptors (Lipinski definition) is 4. The number of methoxy groups -OCH3 is 1. The van der Waals surface area contributed by atoms with Gasteiger partial charge in [0.2, 0.25) is 0 Å². The second-order valence-electron chi connectivity index (χ2n) is 7.37. The molecule has 0 saturated heterocycles. The molecule has 21 heavy (non-hydrogen) atoms. The minimum atomic E-state index is -1.58. The van der Waals surface area contributed by atoms with Crippen LogP contribution in [0.4, 0.5) is 0 Å². The largest absolute Gasteiger partial charge is 0.492 e. The third kappa shape index (κ3) is 4.46. The first-order chi connectivity index (χ1) is 9.48. The van der Waals surface area contributed by atoms with E-state index in [0.29, 0.717) is 11.2 Å². The predicted octanol–water partition coefficient (Wildman–Crippen LogP) is 1.94. The van der Waals surface area contributed by atoms with Gasteiger partial charge in [0.05, 0.1) is 0 Å². The lowest BCUT2D eigenvalue weighted by atomic mass is 9.71. The van der Waals surface area contributed by atoms with Crippen molar-refractivity contribution in [3.63, 3.8) is 0 Å². The Morgan fingerprint density at radius 2 is 1.57 bits per heavy atom. The molecule has 0 aromatic heterocycles. The van der Waals surface area contributed by atoms with Crippen molar-refractivity contribution in [2.75, 3.05) is 13.9 Å². The van der Waals surface area contributed by atoms with E-state index in [1.54, 1.807) is 6.07 Å². The van der Waals surface area contributed by atoms with Crippen LogP contribution < -0.4 is 10.2 Å². The topological polar surface area (TPSA) is 58.9 Å². The summed E-state index contributed by atoms with van der Waals surface area (Å²) in [5.74, 6) is 0.493. The van der Waals surface area contributed by atoms with E-state index in [-0.39, 0.29) is 17.6 Å². The molecule has 1 aromatic carbocycles. The standard InChI is InChI=1S/C16H27BO4/c1-15(2,3)11-8-12(16(4,5)6)14(21-10-20-7)13(9-11)17(18)19/h8-9,18-19H,10H2,1-7H3. The maximum atomic E-state index is 9.72. The van der Waals surface area contributed by atoms with Gasteiger partial charge < -0.3 is 19.5 Å². The average molecular weight is 294 g/mol. The van der Waals surface area contributed by atoms with Crippen LogP contribution in [0.3, 0.4) is 0 Å². The quantitative estimate of drug-likeness (QED) is 0.658. The van der Waals surface area contributed by atoms with Gasteiger partial charge in [-0.2, -0.15) is 0 Å². The predicted molar refractivity (Wildman–Crippen MR) is 86.2 cm³/mol. The van der Waals surface area contributed by atoms with E-state index in [1.165, 1.54) is 7.11 Å². The Hall–Kier alpha value is -1.04. The molecule has 0 aliphatic rings. The molecule has 0 fully saturated rings. The molecular weight excluding hydrogens is 267 g/mol. The van der Waals surface area contributed by atoms with Crippen LogP contribution in [0.5, 0.6) is 5.75 Å². The number of hydrogen-bond donors (Lipinski definition) is 2. The van der Waals surface area contributed by atoms with Crippen molar-refractivity contribution in [2.45, 2.75) is 52.4 Å². The summed E-state index contributed by atoms with van der Waals surface area (Å²) in [5.41, 5.74) is 2.08. The molecule has 0 amide bonds. The van der Waals surface area contributed by atoms with Gasteiger partial charge in [-0.3, -0.25) is 0 Å². The van der Waals surface area contributed by atoms with Crippen molar-refractivity contribution in [1.82, 2.24) is 0 Å². The molecule has 0 unspecified atom stereocenters. The lowest BCUT2D eigenvalue weighted by molar-refractivity contribution is 0.0504. The molecule has 1 rings (SSSR count). The van der Waals surface area contributed by atoms with Gasteiger partial charge in [-0.15, -0.1) is 0 Å². The summed E-state index contributed by atoms with van der Waals surface area (Å²) in [5, 5.41) is 19.4. The first-order valence-corrected chi connectivity index (χ1v) is 7.15. The van der Waals surface area contributed by atoms with E-state index < -0.39 is 7.12 Å². The number of rotatable bonds is 4. The van der Waals surface area contributed by atoms with Crippen LogP contribution in [-0.4, -0.2) is 31.1 Å². The fourth-order valence-corrected chi connectivity index (χ4v) is 2.11. The highest BCUT2D eigenvalue weighted by Crippen LogP contribution is 2.34. The van der Waals surface area contributed by atoms with Crippen molar-refractivity contribution in [3.8, 4) is 5.75 Å². The zero-order chi connectivity index (χ0) is 16.4. The highest BCUT2D eigenvalue weighted by molar-refractivity contribution is 6.59. The smallest absolute Gasteiger partial charge is 0.468 e. The third-order valence-electron chi connectivity index (χ3n) is 3.39. The lowest BCUT2D eigenvalue weighted by Gasteiger charge is -2.29. The minimum absolute atomic E-state index is 0.0671. The highest BCUT2D eigenvalue weighted by atomic mass is 16.7. The molecule has 0 heterocycles. The van der Waals surface area contributed by atoms with Gasteiger partial charge in [-0.25, -0.2) is 0 Å². The van der Waals surface area contributed by atoms with Crippen molar-refractivity contribution in [1.29, 1.82) is 0 Å². The summed E-state index contributed by atoms with van der Waals surface area (Å²) in [6, 6.07) is 3.88. The molecule has 0 atom stereocenters. The van der Waals surface area contributed by atoms with Gasteiger partial charge in [0.25, 0.3) is 0 Å². The van der Waals surface area contributed by atoms with Crippen LogP contribution in [0.1, 0.15) is 52.7 Å². The molecule has 0 radical (unpaired) electrons. The van der Waals surface area contributed by atoms with E-state index in [0.717, 1.165) is 11.1 Å². The minimum Gasteiger partial charge on any atom is -0.468 e. The first kappa shape index (κ1) is 18.0. The Bertz CT molecular complexity index is 484. The van der Waals surface area contributed by atoms with E-state index in [9.17, 15) is 10.0 Å². The Labute approximate surface area is 128 Å². The first-order valence-electron chi connectivity index (χ1n) is 7.15. The summed E-state index contributed by atoms with van der Waals surface area (Å²) in [6.07, 6.45) is 0. The van der Waals surface area contributed by atoms with Gasteiger partial charge in [-0.05, 0) is 22.0 Å². The Morgan fingerprint density at radius 1 is 1.00 bits per heavy atom. The molecule has 0 spiro atoms. The van der Waals surface area contributed by atoms with Gasteiger partial charge in [0.15, 0.2) is 6.79 Å². The summed E-state index contributed by atoms with van der Waals surface area (Å²) in [7, 11) is -0.0461. The van der Waals surface area contributed by atoms with Crippen LogP contribution in [0, 0.1) is 0 Å².